The Kier molecular flexibility index (Phi) is 5.20. The monoisotopic (exact) mass is 361 g/mol. The lowest BCUT2D eigenvalue weighted by Crippen LogP contribution is -2.42. The number of hydrogen-bond donors (Lipinski definition) is 2. The fourth-order valence-corrected chi connectivity index (χ4v) is 3.39. The van der Waals surface area contributed by atoms with Crippen molar-refractivity contribution in [1.82, 2.24) is 4.90 Å². The number of ether oxygens (including phenoxy) is 2. The van der Waals surface area contributed by atoms with Gasteiger partial charge in [0.2, 0.25) is 5.91 Å². The highest BCUT2D eigenvalue weighted by atomic mass is 32.1. The molecule has 0 saturated heterocycles. The summed E-state index contributed by atoms with van der Waals surface area (Å²) < 4.78 is 11.6. The Morgan fingerprint density at radius 3 is 2.84 bits per heavy atom. The van der Waals surface area contributed by atoms with Crippen molar-refractivity contribution in [3.63, 3.8) is 0 Å². The van der Waals surface area contributed by atoms with Crippen LogP contribution in [0.15, 0.2) is 35.7 Å². The minimum absolute atomic E-state index is 0.157. The smallest absolute Gasteiger partial charge is 0.251 e. The number of amides is 2. The molecular formula is C17H19N3O4S. The van der Waals surface area contributed by atoms with Crippen LogP contribution in [0.5, 0.6) is 11.5 Å². The molecular weight excluding hydrogens is 342 g/mol. The third-order valence-electron chi connectivity index (χ3n) is 3.68. The first-order valence-corrected chi connectivity index (χ1v) is 8.65. The minimum atomic E-state index is -0.559. The van der Waals surface area contributed by atoms with E-state index >= 15 is 0 Å². The Hall–Kier alpha value is -2.58. The van der Waals surface area contributed by atoms with Gasteiger partial charge >= 0.3 is 0 Å². The molecule has 1 aliphatic heterocycles. The topological polar surface area (TPSA) is 93.9 Å². The average molecular weight is 361 g/mol. The van der Waals surface area contributed by atoms with Crippen LogP contribution in [0, 0.1) is 0 Å². The lowest BCUT2D eigenvalue weighted by Gasteiger charge is -2.29. The number of anilines is 1. The van der Waals surface area contributed by atoms with E-state index in [9.17, 15) is 9.59 Å². The van der Waals surface area contributed by atoms with Gasteiger partial charge < -0.3 is 20.5 Å². The number of benzene rings is 1. The van der Waals surface area contributed by atoms with Gasteiger partial charge in [0.05, 0.1) is 12.1 Å². The van der Waals surface area contributed by atoms with E-state index < -0.39 is 5.91 Å². The van der Waals surface area contributed by atoms with Crippen molar-refractivity contribution in [3.05, 3.63) is 41.3 Å². The minimum Gasteiger partial charge on any atom is -0.486 e. The molecule has 0 bridgehead atoms. The zero-order valence-electron chi connectivity index (χ0n) is 13.7. The number of carbonyl (C=O) groups excluding carboxylic acids is 2. The van der Waals surface area contributed by atoms with E-state index in [0.717, 1.165) is 5.75 Å². The maximum atomic E-state index is 12.2. The molecule has 0 unspecified atom stereocenters. The summed E-state index contributed by atoms with van der Waals surface area (Å²) in [6.45, 7) is 1.13. The molecule has 1 aromatic carbocycles. The van der Waals surface area contributed by atoms with Gasteiger partial charge in [0, 0.05) is 6.54 Å². The van der Waals surface area contributed by atoms with Crippen LogP contribution in [0.25, 0.3) is 0 Å². The van der Waals surface area contributed by atoms with E-state index in [4.69, 9.17) is 15.2 Å². The van der Waals surface area contributed by atoms with Crippen LogP contribution in [0.2, 0.25) is 0 Å². The van der Waals surface area contributed by atoms with Crippen LogP contribution in [0.3, 0.4) is 0 Å². The fourth-order valence-electron chi connectivity index (χ4n) is 2.58. The Morgan fingerprint density at radius 2 is 2.08 bits per heavy atom. The van der Waals surface area contributed by atoms with E-state index in [1.165, 1.54) is 11.3 Å². The van der Waals surface area contributed by atoms with Crippen molar-refractivity contribution in [2.45, 2.75) is 6.10 Å². The molecule has 2 amide bonds. The summed E-state index contributed by atoms with van der Waals surface area (Å²) in [6, 6.07) is 9.09. The molecule has 3 rings (SSSR count). The number of carbonyl (C=O) groups is 2. The van der Waals surface area contributed by atoms with Gasteiger partial charge in [-0.1, -0.05) is 12.1 Å². The van der Waals surface area contributed by atoms with Crippen LogP contribution < -0.4 is 20.5 Å². The highest BCUT2D eigenvalue weighted by molar-refractivity contribution is 7.14. The lowest BCUT2D eigenvalue weighted by molar-refractivity contribution is -0.117. The zero-order valence-corrected chi connectivity index (χ0v) is 14.5. The number of rotatable bonds is 6. The molecule has 0 saturated carbocycles. The van der Waals surface area contributed by atoms with E-state index in [1.54, 1.807) is 11.4 Å². The van der Waals surface area contributed by atoms with Gasteiger partial charge in [0.25, 0.3) is 5.91 Å². The molecule has 8 heteroatoms. The standard InChI is InChI=1S/C17H19N3O4S/c1-20(8-11-10-23-13-4-2-3-5-14(13)24-11)9-15(21)19-17-12(16(18)22)6-7-25-17/h2-7,11H,8-10H2,1H3,(H2,18,22)(H,19,21)/t11-/m1/s1. The molecule has 132 valence electrons. The average Bonchev–Trinajstić information content (AvgIpc) is 3.02. The number of likely N-dealkylation sites (N-methyl/N-ethyl adjacent to an activating group) is 1. The Balaban J connectivity index is 1.51. The number of hydrogen-bond acceptors (Lipinski definition) is 6. The molecule has 25 heavy (non-hydrogen) atoms. The van der Waals surface area contributed by atoms with Crippen LogP contribution in [0.4, 0.5) is 5.00 Å². The molecule has 7 nitrogen and oxygen atoms in total. The Bertz CT molecular complexity index is 777. The Labute approximate surface area is 149 Å². The fraction of sp³-hybridized carbons (Fsp3) is 0.294. The molecule has 0 aliphatic carbocycles. The number of para-hydroxylation sites is 2. The van der Waals surface area contributed by atoms with Crippen molar-refractivity contribution >= 4 is 28.2 Å². The van der Waals surface area contributed by atoms with Crippen LogP contribution in [-0.4, -0.2) is 49.6 Å². The number of primary amides is 1. The van der Waals surface area contributed by atoms with Crippen molar-refractivity contribution in [3.8, 4) is 11.5 Å². The summed E-state index contributed by atoms with van der Waals surface area (Å²) in [5, 5.41) is 4.90. The predicted molar refractivity (Wildman–Crippen MR) is 95.3 cm³/mol. The van der Waals surface area contributed by atoms with Gasteiger partial charge in [-0.3, -0.25) is 14.5 Å². The molecule has 1 aliphatic rings. The SMILES string of the molecule is CN(CC(=O)Nc1sccc1C(N)=O)C[C@@H]1COc2ccccc2O1. The summed E-state index contributed by atoms with van der Waals surface area (Å²) in [5.74, 6) is 0.665. The number of nitrogens with one attached hydrogen (secondary N) is 1. The maximum absolute atomic E-state index is 12.2. The molecule has 0 spiro atoms. The molecule has 3 N–H and O–H groups in total. The maximum Gasteiger partial charge on any atom is 0.251 e. The van der Waals surface area contributed by atoms with Gasteiger partial charge in [-0.2, -0.15) is 0 Å². The second-order valence-corrected chi connectivity index (χ2v) is 6.69. The quantitative estimate of drug-likeness (QED) is 0.814. The van der Waals surface area contributed by atoms with Gasteiger partial charge in [-0.15, -0.1) is 11.3 Å². The molecule has 2 heterocycles. The van der Waals surface area contributed by atoms with Crippen LogP contribution >= 0.6 is 11.3 Å². The van der Waals surface area contributed by atoms with Gasteiger partial charge in [-0.05, 0) is 30.6 Å². The normalized spacial score (nSPS) is 15.8. The molecule has 2 aromatic rings. The molecule has 0 fully saturated rings. The second-order valence-electron chi connectivity index (χ2n) is 5.77. The van der Waals surface area contributed by atoms with E-state index in [1.807, 2.05) is 36.2 Å². The molecule has 0 radical (unpaired) electrons. The first-order valence-electron chi connectivity index (χ1n) is 7.77. The summed E-state index contributed by atoms with van der Waals surface area (Å²) in [6.07, 6.45) is -0.157. The summed E-state index contributed by atoms with van der Waals surface area (Å²) in [4.78, 5) is 25.3. The number of thiophene rings is 1. The third-order valence-corrected chi connectivity index (χ3v) is 4.51. The second kappa shape index (κ2) is 7.54. The highest BCUT2D eigenvalue weighted by Gasteiger charge is 2.23. The van der Waals surface area contributed by atoms with Crippen molar-refractivity contribution in [2.24, 2.45) is 5.73 Å². The largest absolute Gasteiger partial charge is 0.486 e. The van der Waals surface area contributed by atoms with Crippen molar-refractivity contribution in [1.29, 1.82) is 0 Å². The number of fused-ring (bicyclic) bond motifs is 1. The first-order chi connectivity index (χ1) is 12.0. The zero-order chi connectivity index (χ0) is 17.8. The van der Waals surface area contributed by atoms with Gasteiger partial charge in [0.15, 0.2) is 11.5 Å². The summed E-state index contributed by atoms with van der Waals surface area (Å²) in [5.41, 5.74) is 5.60. The van der Waals surface area contributed by atoms with Crippen LogP contribution in [-0.2, 0) is 4.79 Å². The Morgan fingerprint density at radius 1 is 1.32 bits per heavy atom. The summed E-state index contributed by atoms with van der Waals surface area (Å²) >= 11 is 1.27. The number of nitrogens with two attached hydrogens (primary N) is 1. The summed E-state index contributed by atoms with van der Waals surface area (Å²) in [7, 11) is 1.83. The predicted octanol–water partition coefficient (Wildman–Crippen LogP) is 1.56. The lowest BCUT2D eigenvalue weighted by atomic mass is 10.2. The van der Waals surface area contributed by atoms with Crippen molar-refractivity contribution < 1.29 is 19.1 Å². The highest BCUT2D eigenvalue weighted by Crippen LogP contribution is 2.31. The van der Waals surface area contributed by atoms with E-state index in [2.05, 4.69) is 5.32 Å². The van der Waals surface area contributed by atoms with Gasteiger partial charge in [0.1, 0.15) is 17.7 Å². The van der Waals surface area contributed by atoms with Crippen LogP contribution in [0.1, 0.15) is 10.4 Å². The number of nitrogens with zero attached hydrogens (tertiary/aromatic N) is 1. The van der Waals surface area contributed by atoms with E-state index in [0.29, 0.717) is 29.5 Å². The molecule has 1 aromatic heterocycles. The first kappa shape index (κ1) is 17.2. The molecule has 1 atom stereocenters. The van der Waals surface area contributed by atoms with Crippen molar-refractivity contribution in [2.75, 3.05) is 32.1 Å². The van der Waals surface area contributed by atoms with Gasteiger partial charge in [-0.25, -0.2) is 0 Å². The third kappa shape index (κ3) is 4.28. The van der Waals surface area contributed by atoms with E-state index in [-0.39, 0.29) is 18.6 Å².